The Bertz CT molecular complexity index is 486. The van der Waals surface area contributed by atoms with Crippen molar-refractivity contribution in [1.29, 1.82) is 0 Å². The highest BCUT2D eigenvalue weighted by molar-refractivity contribution is 7.99. The smallest absolute Gasteiger partial charge is 0.325 e. The Balaban J connectivity index is 1.80. The van der Waals surface area contributed by atoms with E-state index in [-0.39, 0.29) is 25.2 Å². The topological polar surface area (TPSA) is 100 Å². The number of nitrogens with zero attached hydrogens (tertiary/aromatic N) is 4. The lowest BCUT2D eigenvalue weighted by Gasteiger charge is -2.23. The van der Waals surface area contributed by atoms with Gasteiger partial charge in [-0.1, -0.05) is 5.21 Å². The van der Waals surface area contributed by atoms with Gasteiger partial charge in [0.25, 0.3) is 0 Å². The number of carbonyl (C=O) groups excluding carboxylic acids is 1. The summed E-state index contributed by atoms with van der Waals surface area (Å²) in [5, 5.41) is 18.9. The number of aromatic nitrogens is 3. The van der Waals surface area contributed by atoms with Gasteiger partial charge in [0, 0.05) is 18.8 Å². The van der Waals surface area contributed by atoms with Crippen LogP contribution in [0.3, 0.4) is 0 Å². The molecular formula is C11H17N5O3S. The summed E-state index contributed by atoms with van der Waals surface area (Å²) in [6.07, 6.45) is 2.53. The molecule has 9 heteroatoms. The Labute approximate surface area is 120 Å². The number of carbonyl (C=O) groups is 2. The molecule has 1 aliphatic rings. The molecule has 0 aliphatic carbocycles. The van der Waals surface area contributed by atoms with E-state index in [0.29, 0.717) is 5.69 Å². The summed E-state index contributed by atoms with van der Waals surface area (Å²) in [5.41, 5.74) is 0.536. The van der Waals surface area contributed by atoms with E-state index in [4.69, 9.17) is 5.11 Å². The number of hydrogen-bond acceptors (Lipinski definition) is 5. The minimum absolute atomic E-state index is 0.148. The average Bonchev–Trinajstić information content (AvgIpc) is 3.05. The number of carboxylic acids is 1. The number of carboxylic acid groups (broad SMARTS) is 1. The molecule has 1 aromatic heterocycles. The van der Waals surface area contributed by atoms with Crippen molar-refractivity contribution in [3.8, 4) is 0 Å². The van der Waals surface area contributed by atoms with Crippen LogP contribution in [0.15, 0.2) is 6.20 Å². The Morgan fingerprint density at radius 3 is 3.10 bits per heavy atom. The van der Waals surface area contributed by atoms with Gasteiger partial charge in [-0.3, -0.25) is 4.79 Å². The third-order valence-electron chi connectivity index (χ3n) is 3.08. The van der Waals surface area contributed by atoms with Gasteiger partial charge in [0.15, 0.2) is 0 Å². The average molecular weight is 299 g/mol. The number of thioether (sulfide) groups is 1. The zero-order chi connectivity index (χ0) is 14.5. The van der Waals surface area contributed by atoms with E-state index in [1.165, 1.54) is 10.9 Å². The summed E-state index contributed by atoms with van der Waals surface area (Å²) in [7, 11) is 1.78. The predicted molar refractivity (Wildman–Crippen MR) is 73.4 cm³/mol. The zero-order valence-corrected chi connectivity index (χ0v) is 12.0. The van der Waals surface area contributed by atoms with Crippen molar-refractivity contribution in [2.75, 3.05) is 18.6 Å². The van der Waals surface area contributed by atoms with Gasteiger partial charge < -0.3 is 15.3 Å². The molecule has 2 rings (SSSR count). The largest absolute Gasteiger partial charge is 0.480 e. The Morgan fingerprint density at radius 1 is 1.65 bits per heavy atom. The maximum absolute atomic E-state index is 11.9. The van der Waals surface area contributed by atoms with E-state index in [9.17, 15) is 9.59 Å². The minimum atomic E-state index is -0.982. The van der Waals surface area contributed by atoms with E-state index >= 15 is 0 Å². The van der Waals surface area contributed by atoms with Gasteiger partial charge in [-0.25, -0.2) is 9.48 Å². The van der Waals surface area contributed by atoms with Gasteiger partial charge in [-0.15, -0.1) is 5.10 Å². The standard InChI is InChI=1S/C11H17N5O3S/c1-15(9-2-3-20-7-9)11(19)12-4-8-5-16(14-13-8)6-10(17)18/h5,9H,2-4,6-7H2,1H3,(H,12,19)(H,17,18). The van der Waals surface area contributed by atoms with E-state index in [1.54, 1.807) is 11.9 Å². The number of hydrogen-bond donors (Lipinski definition) is 2. The normalized spacial score (nSPS) is 17.9. The number of rotatable bonds is 5. The molecule has 110 valence electrons. The number of nitrogens with one attached hydrogen (secondary N) is 1. The zero-order valence-electron chi connectivity index (χ0n) is 11.2. The summed E-state index contributed by atoms with van der Waals surface area (Å²) >= 11 is 1.85. The summed E-state index contributed by atoms with van der Waals surface area (Å²) in [4.78, 5) is 24.2. The van der Waals surface area contributed by atoms with Crippen molar-refractivity contribution in [1.82, 2.24) is 25.2 Å². The Hall–Kier alpha value is -1.77. The lowest BCUT2D eigenvalue weighted by Crippen LogP contribution is -2.43. The molecule has 20 heavy (non-hydrogen) atoms. The van der Waals surface area contributed by atoms with Crippen molar-refractivity contribution >= 4 is 23.8 Å². The summed E-state index contributed by atoms with van der Waals surface area (Å²) in [5.74, 6) is 1.08. The first kappa shape index (κ1) is 14.6. The molecule has 1 aliphatic heterocycles. The van der Waals surface area contributed by atoms with Gasteiger partial charge in [-0.2, -0.15) is 11.8 Å². The molecule has 1 saturated heterocycles. The van der Waals surface area contributed by atoms with E-state index in [1.807, 2.05) is 11.8 Å². The molecule has 2 N–H and O–H groups in total. The van der Waals surface area contributed by atoms with E-state index in [2.05, 4.69) is 15.6 Å². The Kier molecular flexibility index (Phi) is 4.83. The first-order valence-electron chi connectivity index (χ1n) is 6.25. The molecule has 1 aromatic rings. The van der Waals surface area contributed by atoms with Gasteiger partial charge in [0.05, 0.1) is 12.7 Å². The third-order valence-corrected chi connectivity index (χ3v) is 4.22. The van der Waals surface area contributed by atoms with Crippen molar-refractivity contribution in [3.63, 3.8) is 0 Å². The van der Waals surface area contributed by atoms with Crippen LogP contribution in [-0.4, -0.2) is 61.6 Å². The molecule has 2 amide bonds. The lowest BCUT2D eigenvalue weighted by molar-refractivity contribution is -0.137. The molecule has 1 atom stereocenters. The highest BCUT2D eigenvalue weighted by Gasteiger charge is 2.23. The molecule has 0 bridgehead atoms. The third kappa shape index (κ3) is 3.86. The van der Waals surface area contributed by atoms with Gasteiger partial charge in [-0.05, 0) is 12.2 Å². The van der Waals surface area contributed by atoms with Gasteiger partial charge >= 0.3 is 12.0 Å². The first-order valence-corrected chi connectivity index (χ1v) is 7.41. The van der Waals surface area contributed by atoms with Crippen molar-refractivity contribution in [2.24, 2.45) is 0 Å². The number of urea groups is 1. The van der Waals surface area contributed by atoms with Crippen LogP contribution in [0.1, 0.15) is 12.1 Å². The maximum Gasteiger partial charge on any atom is 0.325 e. The first-order chi connectivity index (χ1) is 9.56. The molecule has 0 radical (unpaired) electrons. The molecule has 8 nitrogen and oxygen atoms in total. The second kappa shape index (κ2) is 6.60. The lowest BCUT2D eigenvalue weighted by atomic mass is 10.2. The van der Waals surface area contributed by atoms with Crippen LogP contribution < -0.4 is 5.32 Å². The minimum Gasteiger partial charge on any atom is -0.480 e. The summed E-state index contributed by atoms with van der Waals surface area (Å²) in [6.45, 7) is 0.00278. The molecular weight excluding hydrogens is 282 g/mol. The van der Waals surface area contributed by atoms with Crippen LogP contribution in [-0.2, 0) is 17.9 Å². The van der Waals surface area contributed by atoms with Crippen LogP contribution in [0.4, 0.5) is 4.79 Å². The quantitative estimate of drug-likeness (QED) is 0.794. The second-order valence-electron chi connectivity index (χ2n) is 4.59. The fourth-order valence-corrected chi connectivity index (χ4v) is 3.19. The highest BCUT2D eigenvalue weighted by atomic mass is 32.2. The molecule has 0 spiro atoms. The molecule has 1 unspecified atom stereocenters. The Morgan fingerprint density at radius 2 is 2.45 bits per heavy atom. The fraction of sp³-hybridized carbons (Fsp3) is 0.636. The number of aliphatic carboxylic acids is 1. The summed E-state index contributed by atoms with van der Waals surface area (Å²) in [6, 6.07) is 0.132. The van der Waals surface area contributed by atoms with Crippen LogP contribution in [0.2, 0.25) is 0 Å². The molecule has 1 fully saturated rings. The fourth-order valence-electron chi connectivity index (χ4n) is 1.92. The monoisotopic (exact) mass is 299 g/mol. The number of amides is 2. The van der Waals surface area contributed by atoms with Crippen LogP contribution in [0, 0.1) is 0 Å². The highest BCUT2D eigenvalue weighted by Crippen LogP contribution is 2.21. The van der Waals surface area contributed by atoms with Crippen molar-refractivity contribution < 1.29 is 14.7 Å². The SMILES string of the molecule is CN(C(=O)NCc1cn(CC(=O)O)nn1)C1CCSC1. The maximum atomic E-state index is 11.9. The predicted octanol–water partition coefficient (Wildman–Crippen LogP) is 0.00960. The van der Waals surface area contributed by atoms with Crippen molar-refractivity contribution in [3.05, 3.63) is 11.9 Å². The van der Waals surface area contributed by atoms with Crippen LogP contribution in [0.25, 0.3) is 0 Å². The molecule has 0 aromatic carbocycles. The van der Waals surface area contributed by atoms with Crippen LogP contribution >= 0.6 is 11.8 Å². The van der Waals surface area contributed by atoms with E-state index in [0.717, 1.165) is 17.9 Å². The molecule has 2 heterocycles. The summed E-state index contributed by atoms with van der Waals surface area (Å²) < 4.78 is 1.22. The van der Waals surface area contributed by atoms with Gasteiger partial charge in [0.1, 0.15) is 12.2 Å². The molecule has 0 saturated carbocycles. The van der Waals surface area contributed by atoms with Crippen molar-refractivity contribution in [2.45, 2.75) is 25.6 Å². The van der Waals surface area contributed by atoms with E-state index < -0.39 is 5.97 Å². The second-order valence-corrected chi connectivity index (χ2v) is 5.74. The van der Waals surface area contributed by atoms with Gasteiger partial charge in [0.2, 0.25) is 0 Å². The van der Waals surface area contributed by atoms with Crippen LogP contribution in [0.5, 0.6) is 0 Å².